The van der Waals surface area contributed by atoms with Crippen LogP contribution in [0.25, 0.3) is 6.08 Å². The molecule has 0 unspecified atom stereocenters. The summed E-state index contributed by atoms with van der Waals surface area (Å²) in [7, 11) is 4.01. The van der Waals surface area contributed by atoms with Gasteiger partial charge in [0.1, 0.15) is 17.5 Å². The van der Waals surface area contributed by atoms with Crippen LogP contribution in [-0.4, -0.2) is 66.1 Å². The molecule has 2 aromatic rings. The van der Waals surface area contributed by atoms with E-state index in [1.165, 1.54) is 18.1 Å². The quantitative estimate of drug-likeness (QED) is 0.412. The summed E-state index contributed by atoms with van der Waals surface area (Å²) in [6.07, 6.45) is 6.35. The summed E-state index contributed by atoms with van der Waals surface area (Å²) >= 11 is 5.06. The number of halogens is 1. The lowest BCUT2D eigenvalue weighted by molar-refractivity contribution is -0.220. The van der Waals surface area contributed by atoms with Crippen LogP contribution in [-0.2, 0) is 26.2 Å². The Morgan fingerprint density at radius 1 is 1.34 bits per heavy atom. The van der Waals surface area contributed by atoms with E-state index in [-0.39, 0.29) is 30.1 Å². The molecule has 6 nitrogen and oxygen atoms in total. The number of piperidine rings is 1. The van der Waals surface area contributed by atoms with Gasteiger partial charge in [-0.1, -0.05) is 12.1 Å². The van der Waals surface area contributed by atoms with Crippen LogP contribution in [0.1, 0.15) is 42.2 Å². The van der Waals surface area contributed by atoms with Gasteiger partial charge in [-0.3, -0.25) is 14.5 Å². The average Bonchev–Trinajstić information content (AvgIpc) is 3.39. The number of hydrogen-bond donors (Lipinski definition) is 0. The largest absolute Gasteiger partial charge is 0.487 e. The van der Waals surface area contributed by atoms with Crippen LogP contribution in [0, 0.1) is 0 Å². The Kier molecular flexibility index (Phi) is 5.44. The predicted octanol–water partition coefficient (Wildman–Crippen LogP) is 4.41. The van der Waals surface area contributed by atoms with E-state index in [1.54, 1.807) is 17.4 Å². The number of rotatable bonds is 4. The van der Waals surface area contributed by atoms with Crippen molar-refractivity contribution >= 4 is 45.2 Å². The summed E-state index contributed by atoms with van der Waals surface area (Å²) in [5.41, 5.74) is 1.37. The van der Waals surface area contributed by atoms with Crippen molar-refractivity contribution in [2.75, 3.05) is 20.6 Å². The first-order chi connectivity index (χ1) is 16.8. The molecule has 2 aliphatic heterocycles. The summed E-state index contributed by atoms with van der Waals surface area (Å²) < 4.78 is 14.1. The van der Waals surface area contributed by atoms with Crippen molar-refractivity contribution in [3.05, 3.63) is 56.2 Å². The first kappa shape index (κ1) is 23.3. The van der Waals surface area contributed by atoms with E-state index in [0.717, 1.165) is 34.5 Å². The number of benzene rings is 1. The molecule has 0 radical (unpaired) electrons. The van der Waals surface area contributed by atoms with Gasteiger partial charge in [0.2, 0.25) is 5.91 Å². The Balaban J connectivity index is 1.41. The SMILES string of the molecule is CC(=O)O[C@@]12CC[C@H](N(C)C(=O)/C=C/c3cc(Br)cs3)[C@@H]3Oc4cccc5c4[C@@]31CCN(C)[C@@H]2C5. The van der Waals surface area contributed by atoms with E-state index < -0.39 is 11.0 Å². The van der Waals surface area contributed by atoms with Gasteiger partial charge in [-0.2, -0.15) is 0 Å². The Morgan fingerprint density at radius 2 is 2.17 bits per heavy atom. The highest BCUT2D eigenvalue weighted by Crippen LogP contribution is 2.65. The first-order valence-corrected chi connectivity index (χ1v) is 13.8. The molecular weight excluding hydrogens is 528 g/mol. The second-order valence-corrected chi connectivity index (χ2v) is 12.1. The van der Waals surface area contributed by atoms with Crippen molar-refractivity contribution in [1.29, 1.82) is 0 Å². The molecule has 1 saturated carbocycles. The monoisotopic (exact) mass is 556 g/mol. The molecule has 1 spiro atoms. The number of likely N-dealkylation sites (N-methyl/N-ethyl adjacent to an activating group) is 2. The van der Waals surface area contributed by atoms with Crippen LogP contribution in [0.5, 0.6) is 5.75 Å². The lowest BCUT2D eigenvalue weighted by Gasteiger charge is -2.65. The lowest BCUT2D eigenvalue weighted by Crippen LogP contribution is -2.78. The van der Waals surface area contributed by atoms with Crippen LogP contribution in [0.2, 0.25) is 0 Å². The third kappa shape index (κ3) is 3.22. The molecule has 1 amide bonds. The van der Waals surface area contributed by atoms with E-state index in [9.17, 15) is 9.59 Å². The molecule has 2 bridgehead atoms. The third-order valence-electron chi connectivity index (χ3n) is 8.71. The summed E-state index contributed by atoms with van der Waals surface area (Å²) in [6, 6.07) is 8.26. The normalized spacial score (nSPS) is 32.7. The maximum absolute atomic E-state index is 13.3. The molecule has 8 heteroatoms. The molecule has 184 valence electrons. The van der Waals surface area contributed by atoms with Gasteiger partial charge in [-0.05, 0) is 79.0 Å². The third-order valence-corrected chi connectivity index (χ3v) is 10.4. The summed E-state index contributed by atoms with van der Waals surface area (Å²) in [6.45, 7) is 2.42. The minimum atomic E-state index is -0.657. The van der Waals surface area contributed by atoms with Crippen molar-refractivity contribution in [2.24, 2.45) is 0 Å². The molecule has 1 saturated heterocycles. The zero-order valence-corrected chi connectivity index (χ0v) is 22.5. The fourth-order valence-corrected chi connectivity index (χ4v) is 8.71. The number of ether oxygens (including phenoxy) is 2. The van der Waals surface area contributed by atoms with Gasteiger partial charge in [0.05, 0.1) is 17.5 Å². The molecule has 4 aliphatic rings. The zero-order valence-electron chi connectivity index (χ0n) is 20.1. The molecular formula is C27H29BrN2O4S. The maximum Gasteiger partial charge on any atom is 0.303 e. The van der Waals surface area contributed by atoms with Crippen molar-refractivity contribution in [1.82, 2.24) is 9.80 Å². The molecule has 0 N–H and O–H groups in total. The van der Waals surface area contributed by atoms with Gasteiger partial charge in [-0.15, -0.1) is 11.3 Å². The topological polar surface area (TPSA) is 59.1 Å². The van der Waals surface area contributed by atoms with Crippen molar-refractivity contribution < 1.29 is 19.1 Å². The predicted molar refractivity (Wildman–Crippen MR) is 139 cm³/mol. The van der Waals surface area contributed by atoms with Crippen LogP contribution < -0.4 is 4.74 Å². The summed E-state index contributed by atoms with van der Waals surface area (Å²) in [5, 5.41) is 2.00. The van der Waals surface area contributed by atoms with E-state index in [4.69, 9.17) is 9.47 Å². The van der Waals surface area contributed by atoms with Crippen LogP contribution in [0.4, 0.5) is 0 Å². The van der Waals surface area contributed by atoms with Crippen LogP contribution >= 0.6 is 27.3 Å². The lowest BCUT2D eigenvalue weighted by atomic mass is 9.48. The maximum atomic E-state index is 13.3. The molecule has 3 heterocycles. The Morgan fingerprint density at radius 3 is 2.91 bits per heavy atom. The van der Waals surface area contributed by atoms with Gasteiger partial charge in [-0.25, -0.2) is 0 Å². The van der Waals surface area contributed by atoms with Gasteiger partial charge < -0.3 is 14.4 Å². The van der Waals surface area contributed by atoms with Gasteiger partial charge in [0.25, 0.3) is 0 Å². The van der Waals surface area contributed by atoms with Crippen molar-refractivity contribution in [3.8, 4) is 5.75 Å². The number of likely N-dealkylation sites (tertiary alicyclic amines) is 1. The first-order valence-electron chi connectivity index (χ1n) is 12.1. The molecule has 1 aromatic heterocycles. The van der Waals surface area contributed by atoms with E-state index >= 15 is 0 Å². The smallest absolute Gasteiger partial charge is 0.303 e. The molecule has 5 atom stereocenters. The Labute approximate surface area is 218 Å². The Bertz CT molecular complexity index is 1240. The van der Waals surface area contributed by atoms with E-state index in [1.807, 2.05) is 35.5 Å². The van der Waals surface area contributed by atoms with Crippen LogP contribution in [0.15, 0.2) is 40.2 Å². The summed E-state index contributed by atoms with van der Waals surface area (Å²) in [4.78, 5) is 31.0. The van der Waals surface area contributed by atoms with Gasteiger partial charge in [0, 0.05) is 40.3 Å². The zero-order chi connectivity index (χ0) is 24.5. The van der Waals surface area contributed by atoms with Crippen molar-refractivity contribution in [2.45, 2.75) is 61.8 Å². The number of amides is 1. The Hall–Kier alpha value is -2.16. The number of carbonyl (C=O) groups excluding carboxylic acids is 2. The summed E-state index contributed by atoms with van der Waals surface area (Å²) in [5.74, 6) is 0.596. The molecule has 1 aromatic carbocycles. The fourth-order valence-electron chi connectivity index (χ4n) is 7.38. The number of thiophene rings is 1. The minimum absolute atomic E-state index is 0.0454. The van der Waals surface area contributed by atoms with E-state index in [2.05, 4.69) is 40.0 Å². The van der Waals surface area contributed by atoms with E-state index in [0.29, 0.717) is 12.8 Å². The van der Waals surface area contributed by atoms with Gasteiger partial charge >= 0.3 is 5.97 Å². The fraction of sp³-hybridized carbons (Fsp3) is 0.481. The van der Waals surface area contributed by atoms with Crippen LogP contribution in [0.3, 0.4) is 0 Å². The molecule has 2 fully saturated rings. The minimum Gasteiger partial charge on any atom is -0.487 e. The number of hydrogen-bond acceptors (Lipinski definition) is 6. The second-order valence-electron chi connectivity index (χ2n) is 10.3. The van der Waals surface area contributed by atoms with Gasteiger partial charge in [0.15, 0.2) is 0 Å². The molecule has 6 rings (SSSR count). The highest BCUT2D eigenvalue weighted by molar-refractivity contribution is 9.10. The average molecular weight is 558 g/mol. The number of esters is 1. The number of carbonyl (C=O) groups is 2. The van der Waals surface area contributed by atoms with Crippen molar-refractivity contribution in [3.63, 3.8) is 0 Å². The second kappa shape index (κ2) is 8.18. The highest BCUT2D eigenvalue weighted by Gasteiger charge is 2.75. The number of nitrogens with zero attached hydrogens (tertiary/aromatic N) is 2. The standard InChI is InChI=1S/C27H29BrN2O4S/c1-16(31)34-27-10-9-20(30(3)23(32)8-7-19-14-18(28)15-35-19)25-26(27)11-12-29(2)22(27)13-17-5-4-6-21(33-25)24(17)26/h4-8,14-15,20,22,25H,9-13H2,1-3H3/b8-7+/t20-,22+,25-,26-,27+/m0/s1. The molecule has 2 aliphatic carbocycles. The highest BCUT2D eigenvalue weighted by atomic mass is 79.9. The molecule has 35 heavy (non-hydrogen) atoms.